The number of aromatic amines is 1. The molecule has 0 radical (unpaired) electrons. The molecule has 9 heteroatoms. The highest BCUT2D eigenvalue weighted by Crippen LogP contribution is 2.35. The lowest BCUT2D eigenvalue weighted by atomic mass is 10.1. The molecule has 1 amide bonds. The van der Waals surface area contributed by atoms with E-state index in [-0.39, 0.29) is 11.9 Å². The van der Waals surface area contributed by atoms with Gasteiger partial charge in [-0.25, -0.2) is 0 Å². The second-order valence-electron chi connectivity index (χ2n) is 8.13. The van der Waals surface area contributed by atoms with Crippen LogP contribution < -0.4 is 10.6 Å². The molecular formula is C21H26N8O. The Bertz CT molecular complexity index is 1100. The Morgan fingerprint density at radius 3 is 3.00 bits per heavy atom. The second kappa shape index (κ2) is 7.47. The van der Waals surface area contributed by atoms with Crippen LogP contribution in [0.5, 0.6) is 0 Å². The van der Waals surface area contributed by atoms with Crippen LogP contribution in [0.25, 0.3) is 11.0 Å². The Morgan fingerprint density at radius 2 is 2.20 bits per heavy atom. The van der Waals surface area contributed by atoms with Crippen LogP contribution in [-0.4, -0.2) is 54.7 Å². The standard InChI is InChI=1S/C21H26N8O/c1-3-17(30)28-8-4-5-14(11-28)24-20-18-13(2)9-22-19(18)26-21(27-20)25-15-10-23-29(12-15)16-6-7-16/h3,9-10,12,14,16H,1,4-8,11H2,2H3,(H3,22,24,25,26,27)/t14-/m1/s1. The number of piperidine rings is 1. The summed E-state index contributed by atoms with van der Waals surface area (Å²) in [5, 5.41) is 12.2. The van der Waals surface area contributed by atoms with Gasteiger partial charge in [0, 0.05) is 31.5 Å². The first kappa shape index (κ1) is 18.7. The van der Waals surface area contributed by atoms with Crippen molar-refractivity contribution in [1.82, 2.24) is 29.6 Å². The number of nitrogens with one attached hydrogen (secondary N) is 3. The van der Waals surface area contributed by atoms with Gasteiger partial charge in [0.15, 0.2) is 0 Å². The Kier molecular flexibility index (Phi) is 4.65. The quantitative estimate of drug-likeness (QED) is 0.544. The van der Waals surface area contributed by atoms with E-state index < -0.39 is 0 Å². The van der Waals surface area contributed by atoms with Crippen LogP contribution >= 0.6 is 0 Å². The van der Waals surface area contributed by atoms with E-state index in [4.69, 9.17) is 4.98 Å². The van der Waals surface area contributed by atoms with Gasteiger partial charge in [-0.05, 0) is 44.2 Å². The monoisotopic (exact) mass is 406 g/mol. The maximum absolute atomic E-state index is 12.0. The Hall–Kier alpha value is -3.36. The fraction of sp³-hybridized carbons (Fsp3) is 0.429. The van der Waals surface area contributed by atoms with Crippen LogP contribution in [0.3, 0.4) is 0 Å². The zero-order valence-corrected chi connectivity index (χ0v) is 17.1. The number of amides is 1. The molecule has 3 N–H and O–H groups in total. The van der Waals surface area contributed by atoms with Crippen LogP contribution in [0.2, 0.25) is 0 Å². The van der Waals surface area contributed by atoms with Crippen LogP contribution in [-0.2, 0) is 4.79 Å². The number of H-pyrrole nitrogens is 1. The molecule has 30 heavy (non-hydrogen) atoms. The van der Waals surface area contributed by atoms with E-state index in [0.29, 0.717) is 18.5 Å². The topological polar surface area (TPSA) is 104 Å². The highest BCUT2D eigenvalue weighted by atomic mass is 16.2. The number of hydrogen-bond acceptors (Lipinski definition) is 6. The van der Waals surface area contributed by atoms with Gasteiger partial charge in [0.1, 0.15) is 11.5 Å². The predicted octanol–water partition coefficient (Wildman–Crippen LogP) is 3.13. The second-order valence-corrected chi connectivity index (χ2v) is 8.13. The van der Waals surface area contributed by atoms with Crippen LogP contribution in [0.15, 0.2) is 31.2 Å². The van der Waals surface area contributed by atoms with Crippen molar-refractivity contribution in [2.45, 2.75) is 44.7 Å². The van der Waals surface area contributed by atoms with Gasteiger partial charge in [-0.3, -0.25) is 9.48 Å². The maximum Gasteiger partial charge on any atom is 0.246 e. The summed E-state index contributed by atoms with van der Waals surface area (Å²) in [5.74, 6) is 1.26. The number of nitrogens with zero attached hydrogens (tertiary/aromatic N) is 5. The van der Waals surface area contributed by atoms with Crippen molar-refractivity contribution in [2.75, 3.05) is 23.7 Å². The summed E-state index contributed by atoms with van der Waals surface area (Å²) in [6.07, 6.45) is 11.4. The molecule has 2 aliphatic rings. The van der Waals surface area contributed by atoms with Crippen molar-refractivity contribution in [3.05, 3.63) is 36.8 Å². The minimum absolute atomic E-state index is 0.0258. The highest BCUT2D eigenvalue weighted by Gasteiger charge is 2.25. The largest absolute Gasteiger partial charge is 0.365 e. The van der Waals surface area contributed by atoms with E-state index in [2.05, 4.69) is 32.3 Å². The van der Waals surface area contributed by atoms with Crippen molar-refractivity contribution in [3.8, 4) is 0 Å². The number of likely N-dealkylation sites (tertiary alicyclic amines) is 1. The molecule has 1 saturated heterocycles. The van der Waals surface area contributed by atoms with Gasteiger partial charge in [-0.15, -0.1) is 0 Å². The molecule has 0 bridgehead atoms. The summed E-state index contributed by atoms with van der Waals surface area (Å²) in [6.45, 7) is 7.05. The molecule has 1 atom stereocenters. The Labute approximate surface area is 174 Å². The number of carbonyl (C=O) groups excluding carboxylic acids is 1. The lowest BCUT2D eigenvalue weighted by Gasteiger charge is -2.33. The molecule has 4 heterocycles. The molecule has 3 aromatic heterocycles. The minimum Gasteiger partial charge on any atom is -0.365 e. The molecule has 0 unspecified atom stereocenters. The molecule has 2 fully saturated rings. The SMILES string of the molecule is C=CC(=O)N1CCC[C@@H](Nc2nc(Nc3cnn(C4CC4)c3)nc3[nH]cc(C)c23)C1. The predicted molar refractivity (Wildman–Crippen MR) is 116 cm³/mol. The summed E-state index contributed by atoms with van der Waals surface area (Å²) < 4.78 is 1.99. The van der Waals surface area contributed by atoms with E-state index in [1.165, 1.54) is 18.9 Å². The minimum atomic E-state index is -0.0258. The first-order chi connectivity index (χ1) is 14.6. The first-order valence-corrected chi connectivity index (χ1v) is 10.5. The summed E-state index contributed by atoms with van der Waals surface area (Å²) in [4.78, 5) is 26.5. The van der Waals surface area contributed by atoms with E-state index in [0.717, 1.165) is 47.5 Å². The van der Waals surface area contributed by atoms with E-state index in [1.807, 2.05) is 28.9 Å². The highest BCUT2D eigenvalue weighted by molar-refractivity contribution is 5.91. The maximum atomic E-state index is 12.0. The van der Waals surface area contributed by atoms with Gasteiger partial charge in [0.05, 0.1) is 23.3 Å². The average Bonchev–Trinajstić information content (AvgIpc) is 3.39. The van der Waals surface area contributed by atoms with Crippen molar-refractivity contribution in [1.29, 1.82) is 0 Å². The lowest BCUT2D eigenvalue weighted by Crippen LogP contribution is -2.44. The average molecular weight is 406 g/mol. The summed E-state index contributed by atoms with van der Waals surface area (Å²) in [7, 11) is 0. The fourth-order valence-electron chi connectivity index (χ4n) is 4.04. The van der Waals surface area contributed by atoms with Crippen LogP contribution in [0.4, 0.5) is 17.5 Å². The molecule has 5 rings (SSSR count). The van der Waals surface area contributed by atoms with Crippen molar-refractivity contribution < 1.29 is 4.79 Å². The van der Waals surface area contributed by atoms with Crippen LogP contribution in [0.1, 0.15) is 37.3 Å². The van der Waals surface area contributed by atoms with Gasteiger partial charge in [0.25, 0.3) is 0 Å². The third-order valence-electron chi connectivity index (χ3n) is 5.76. The van der Waals surface area contributed by atoms with Gasteiger partial charge in [-0.2, -0.15) is 15.1 Å². The number of aryl methyl sites for hydroxylation is 1. The summed E-state index contributed by atoms with van der Waals surface area (Å²) in [6, 6.07) is 0.653. The number of fused-ring (bicyclic) bond motifs is 1. The van der Waals surface area contributed by atoms with Crippen molar-refractivity contribution in [3.63, 3.8) is 0 Å². The zero-order valence-electron chi connectivity index (χ0n) is 17.1. The number of hydrogen-bond donors (Lipinski definition) is 3. The molecule has 1 aliphatic carbocycles. The lowest BCUT2D eigenvalue weighted by molar-refractivity contribution is -0.127. The third-order valence-corrected chi connectivity index (χ3v) is 5.76. The third kappa shape index (κ3) is 3.62. The smallest absolute Gasteiger partial charge is 0.246 e. The number of carbonyl (C=O) groups is 1. The van der Waals surface area contributed by atoms with Gasteiger partial charge >= 0.3 is 0 Å². The van der Waals surface area contributed by atoms with Gasteiger partial charge < -0.3 is 20.5 Å². The Morgan fingerprint density at radius 1 is 1.33 bits per heavy atom. The number of anilines is 3. The summed E-state index contributed by atoms with van der Waals surface area (Å²) >= 11 is 0. The van der Waals surface area contributed by atoms with Gasteiger partial charge in [-0.1, -0.05) is 6.58 Å². The Balaban J connectivity index is 1.40. The summed E-state index contributed by atoms with van der Waals surface area (Å²) in [5.41, 5.74) is 2.73. The molecule has 0 spiro atoms. The molecule has 156 valence electrons. The normalized spacial score (nSPS) is 19.1. The number of aromatic nitrogens is 5. The van der Waals surface area contributed by atoms with Crippen LogP contribution in [0, 0.1) is 6.92 Å². The first-order valence-electron chi connectivity index (χ1n) is 10.5. The fourth-order valence-corrected chi connectivity index (χ4v) is 4.04. The molecular weight excluding hydrogens is 380 g/mol. The number of rotatable bonds is 6. The molecule has 1 aliphatic heterocycles. The van der Waals surface area contributed by atoms with E-state index >= 15 is 0 Å². The zero-order chi connectivity index (χ0) is 20.7. The molecule has 1 saturated carbocycles. The van der Waals surface area contributed by atoms with E-state index in [1.54, 1.807) is 6.20 Å². The van der Waals surface area contributed by atoms with E-state index in [9.17, 15) is 4.79 Å². The molecule has 9 nitrogen and oxygen atoms in total. The van der Waals surface area contributed by atoms with Crippen molar-refractivity contribution >= 4 is 34.4 Å². The molecule has 3 aromatic rings. The van der Waals surface area contributed by atoms with Crippen molar-refractivity contribution in [2.24, 2.45) is 0 Å². The molecule has 0 aromatic carbocycles. The van der Waals surface area contributed by atoms with Gasteiger partial charge in [0.2, 0.25) is 11.9 Å².